The van der Waals surface area contributed by atoms with Gasteiger partial charge in [-0.25, -0.2) is 4.98 Å². The maximum Gasteiger partial charge on any atom is 0.159 e. The number of rotatable bonds is 1. The Balaban J connectivity index is 2.31. The monoisotopic (exact) mass is 289 g/mol. The predicted octanol–water partition coefficient (Wildman–Crippen LogP) is 4.73. The zero-order chi connectivity index (χ0) is 11.0. The smallest absolute Gasteiger partial charge is 0.159 e. The summed E-state index contributed by atoms with van der Waals surface area (Å²) < 4.78 is 0.926. The van der Waals surface area contributed by atoms with Gasteiger partial charge in [0.15, 0.2) is 3.92 Å². The molecule has 3 rings (SSSR count). The van der Waals surface area contributed by atoms with Gasteiger partial charge in [0.05, 0.1) is 4.88 Å². The van der Waals surface area contributed by atoms with E-state index in [-0.39, 0.29) is 0 Å². The summed E-state index contributed by atoms with van der Waals surface area (Å²) >= 11 is 5.06. The number of aromatic nitrogens is 1. The van der Waals surface area contributed by atoms with Crippen molar-refractivity contribution in [2.24, 2.45) is 0 Å². The van der Waals surface area contributed by atoms with E-state index in [1.54, 1.807) is 11.3 Å². The summed E-state index contributed by atoms with van der Waals surface area (Å²) in [5.74, 6) is 0. The number of fused-ring (bicyclic) bond motifs is 1. The van der Waals surface area contributed by atoms with Crippen molar-refractivity contribution in [3.8, 4) is 10.4 Å². The molecule has 16 heavy (non-hydrogen) atoms. The van der Waals surface area contributed by atoms with Crippen molar-refractivity contribution in [1.29, 1.82) is 0 Å². The predicted molar refractivity (Wildman–Crippen MR) is 72.8 cm³/mol. The van der Waals surface area contributed by atoms with Crippen molar-refractivity contribution >= 4 is 38.0 Å². The molecule has 1 heterocycles. The van der Waals surface area contributed by atoms with Crippen molar-refractivity contribution in [2.75, 3.05) is 0 Å². The zero-order valence-electron chi connectivity index (χ0n) is 8.35. The lowest BCUT2D eigenvalue weighted by Crippen LogP contribution is -1.77. The van der Waals surface area contributed by atoms with E-state index in [2.05, 4.69) is 63.4 Å². The number of hydrogen-bond donors (Lipinski definition) is 0. The fraction of sp³-hybridized carbons (Fsp3) is 0. The van der Waals surface area contributed by atoms with Gasteiger partial charge in [-0.15, -0.1) is 11.3 Å². The largest absolute Gasteiger partial charge is 0.237 e. The van der Waals surface area contributed by atoms with E-state index < -0.39 is 0 Å². The third-order valence-electron chi connectivity index (χ3n) is 2.53. The summed E-state index contributed by atoms with van der Waals surface area (Å²) in [5.41, 5.74) is 1.25. The van der Waals surface area contributed by atoms with Gasteiger partial charge in [0.2, 0.25) is 0 Å². The number of nitrogens with zero attached hydrogens (tertiary/aromatic N) is 1. The first kappa shape index (κ1) is 10.00. The summed E-state index contributed by atoms with van der Waals surface area (Å²) in [5, 5.41) is 2.55. The van der Waals surface area contributed by atoms with E-state index in [4.69, 9.17) is 0 Å². The molecule has 0 aliphatic carbocycles. The summed E-state index contributed by atoms with van der Waals surface area (Å²) in [7, 11) is 0. The third-order valence-corrected chi connectivity index (χ3v) is 4.04. The van der Waals surface area contributed by atoms with Crippen LogP contribution in [0.2, 0.25) is 0 Å². The van der Waals surface area contributed by atoms with Gasteiger partial charge in [-0.2, -0.15) is 0 Å². The molecule has 1 aromatic heterocycles. The summed E-state index contributed by atoms with van der Waals surface area (Å²) in [6, 6.07) is 14.8. The van der Waals surface area contributed by atoms with E-state index >= 15 is 0 Å². The minimum Gasteiger partial charge on any atom is -0.237 e. The first-order chi connectivity index (χ1) is 7.84. The Hall–Kier alpha value is -1.19. The summed E-state index contributed by atoms with van der Waals surface area (Å²) in [4.78, 5) is 5.43. The molecule has 0 saturated carbocycles. The first-order valence-corrected chi connectivity index (χ1v) is 6.55. The van der Waals surface area contributed by atoms with Crippen LogP contribution in [0.25, 0.3) is 21.2 Å². The van der Waals surface area contributed by atoms with E-state index in [0.717, 1.165) is 3.92 Å². The maximum absolute atomic E-state index is 4.23. The Labute approximate surface area is 106 Å². The molecule has 0 atom stereocenters. The maximum atomic E-state index is 4.23. The second-order valence-corrected chi connectivity index (χ2v) is 5.81. The zero-order valence-corrected chi connectivity index (χ0v) is 10.8. The Morgan fingerprint density at radius 1 is 1.00 bits per heavy atom. The van der Waals surface area contributed by atoms with Crippen LogP contribution in [0, 0.1) is 0 Å². The van der Waals surface area contributed by atoms with Crippen molar-refractivity contribution in [3.05, 3.63) is 52.6 Å². The lowest BCUT2D eigenvalue weighted by atomic mass is 10.0. The number of benzene rings is 2. The first-order valence-electron chi connectivity index (χ1n) is 4.94. The molecule has 0 aliphatic rings. The molecule has 0 radical (unpaired) electrons. The third kappa shape index (κ3) is 1.66. The molecule has 0 amide bonds. The molecule has 0 unspecified atom stereocenters. The van der Waals surface area contributed by atoms with Crippen LogP contribution in [-0.4, -0.2) is 4.98 Å². The van der Waals surface area contributed by atoms with Gasteiger partial charge in [0, 0.05) is 11.8 Å². The topological polar surface area (TPSA) is 12.9 Å². The Bertz CT molecular complexity index is 640. The van der Waals surface area contributed by atoms with Crippen LogP contribution >= 0.6 is 27.3 Å². The standard InChI is InChI=1S/C13H8BrNS/c14-13-15-8-12(16-13)11-7-3-5-9-4-1-2-6-10(9)11/h1-8H. The molecule has 2 aromatic carbocycles. The van der Waals surface area contributed by atoms with Crippen LogP contribution in [0.5, 0.6) is 0 Å². The van der Waals surface area contributed by atoms with Crippen molar-refractivity contribution < 1.29 is 0 Å². The molecule has 78 valence electrons. The van der Waals surface area contributed by atoms with Gasteiger partial charge in [-0.3, -0.25) is 0 Å². The molecule has 0 saturated heterocycles. The fourth-order valence-corrected chi connectivity index (χ4v) is 3.12. The van der Waals surface area contributed by atoms with Gasteiger partial charge in [-0.05, 0) is 26.7 Å². The van der Waals surface area contributed by atoms with Crippen molar-refractivity contribution in [3.63, 3.8) is 0 Å². The van der Waals surface area contributed by atoms with Crippen LogP contribution in [0.3, 0.4) is 0 Å². The van der Waals surface area contributed by atoms with E-state index in [1.807, 2.05) is 6.20 Å². The second kappa shape index (κ2) is 4.00. The number of thiazole rings is 1. The molecule has 0 bridgehead atoms. The van der Waals surface area contributed by atoms with Gasteiger partial charge < -0.3 is 0 Å². The highest BCUT2D eigenvalue weighted by atomic mass is 79.9. The molecule has 0 aliphatic heterocycles. The molecular weight excluding hydrogens is 282 g/mol. The van der Waals surface area contributed by atoms with Gasteiger partial charge in [0.1, 0.15) is 0 Å². The van der Waals surface area contributed by atoms with Crippen LogP contribution in [0.15, 0.2) is 52.6 Å². The lowest BCUT2D eigenvalue weighted by Gasteiger charge is -2.03. The SMILES string of the molecule is Brc1ncc(-c2cccc3ccccc23)s1. The molecule has 0 fully saturated rings. The average Bonchev–Trinajstić information content (AvgIpc) is 2.75. The summed E-state index contributed by atoms with van der Waals surface area (Å²) in [6.07, 6.45) is 1.91. The van der Waals surface area contributed by atoms with Gasteiger partial charge in [-0.1, -0.05) is 42.5 Å². The van der Waals surface area contributed by atoms with Crippen molar-refractivity contribution in [1.82, 2.24) is 4.98 Å². The van der Waals surface area contributed by atoms with Gasteiger partial charge >= 0.3 is 0 Å². The molecule has 3 aromatic rings. The molecule has 3 heteroatoms. The van der Waals surface area contributed by atoms with Crippen LogP contribution in [0.1, 0.15) is 0 Å². The molecule has 1 nitrogen and oxygen atoms in total. The van der Waals surface area contributed by atoms with Crippen LogP contribution in [-0.2, 0) is 0 Å². The quantitative estimate of drug-likeness (QED) is 0.631. The van der Waals surface area contributed by atoms with Crippen LogP contribution < -0.4 is 0 Å². The average molecular weight is 290 g/mol. The van der Waals surface area contributed by atoms with Crippen molar-refractivity contribution in [2.45, 2.75) is 0 Å². The minimum atomic E-state index is 0.926. The lowest BCUT2D eigenvalue weighted by molar-refractivity contribution is 1.38. The van der Waals surface area contributed by atoms with E-state index in [0.29, 0.717) is 0 Å². The van der Waals surface area contributed by atoms with E-state index in [9.17, 15) is 0 Å². The summed E-state index contributed by atoms with van der Waals surface area (Å²) in [6.45, 7) is 0. The normalized spacial score (nSPS) is 10.8. The minimum absolute atomic E-state index is 0.926. The van der Waals surface area contributed by atoms with Crippen LogP contribution in [0.4, 0.5) is 0 Å². The Kier molecular flexibility index (Phi) is 2.50. The highest BCUT2D eigenvalue weighted by Crippen LogP contribution is 2.33. The highest BCUT2D eigenvalue weighted by Gasteiger charge is 2.05. The molecule has 0 spiro atoms. The fourth-order valence-electron chi connectivity index (χ4n) is 1.82. The Morgan fingerprint density at radius 2 is 1.81 bits per heavy atom. The number of hydrogen-bond acceptors (Lipinski definition) is 2. The van der Waals surface area contributed by atoms with Gasteiger partial charge in [0.25, 0.3) is 0 Å². The molecule has 0 N–H and O–H groups in total. The number of halogens is 1. The molecular formula is C13H8BrNS. The van der Waals surface area contributed by atoms with E-state index in [1.165, 1.54) is 21.2 Å². The Morgan fingerprint density at radius 3 is 2.62 bits per heavy atom. The second-order valence-electron chi connectivity index (χ2n) is 3.50. The highest BCUT2D eigenvalue weighted by molar-refractivity contribution is 9.11.